The summed E-state index contributed by atoms with van der Waals surface area (Å²) < 4.78 is 0. The molecule has 164 valence electrons. The Kier molecular flexibility index (Phi) is 5.23. The molecule has 0 amide bonds. The Morgan fingerprint density at radius 1 is 0.457 bits per heavy atom. The average Bonchev–Trinajstić information content (AvgIpc) is 3.64. The van der Waals surface area contributed by atoms with Crippen LogP contribution in [-0.4, -0.2) is 40.2 Å². The van der Waals surface area contributed by atoms with E-state index >= 15 is 0 Å². The second kappa shape index (κ2) is 8.56. The Hall–Kier alpha value is -4.17. The van der Waals surface area contributed by atoms with Crippen molar-refractivity contribution in [2.45, 2.75) is 0 Å². The Bertz CT molecular complexity index is 1670. The van der Waals surface area contributed by atoms with Crippen molar-refractivity contribution in [3.8, 4) is 0 Å². The molecule has 5 aliphatic heterocycles. The largest absolute Gasteiger partial charge is 0.249 e. The zero-order valence-electron chi connectivity index (χ0n) is 18.2. The van der Waals surface area contributed by atoms with Crippen LogP contribution in [0.2, 0.25) is 0 Å². The lowest BCUT2D eigenvalue weighted by atomic mass is 9.95. The lowest BCUT2D eigenvalue weighted by Gasteiger charge is -2.08. The summed E-state index contributed by atoms with van der Waals surface area (Å²) in [5.74, 6) is 0. The van der Waals surface area contributed by atoms with Gasteiger partial charge in [-0.3, -0.25) is 0 Å². The molecule has 5 heterocycles. The summed E-state index contributed by atoms with van der Waals surface area (Å²) in [6, 6.07) is 14.9. The molecule has 0 spiro atoms. The number of allylic oxidation sites excluding steroid dienone is 12. The van der Waals surface area contributed by atoms with Gasteiger partial charge >= 0.3 is 0 Å². The SMILES string of the molecule is C1=CC2=NC1=CC1=NC(=CC3=NC(=CC4=NC(=C2)C=C4)C=C3c2cccc3ccccc23)C=C1.[AlH3]. The first-order valence-corrected chi connectivity index (χ1v) is 11.2. The number of fused-ring (bicyclic) bond motifs is 5. The highest BCUT2D eigenvalue weighted by Gasteiger charge is 2.19. The average molecular weight is 465 g/mol. The van der Waals surface area contributed by atoms with Gasteiger partial charge in [-0.1, -0.05) is 42.5 Å². The first-order chi connectivity index (χ1) is 16.8. The van der Waals surface area contributed by atoms with Crippen molar-refractivity contribution >= 4 is 56.6 Å². The minimum atomic E-state index is 0. The number of hydrogen-bond donors (Lipinski definition) is 0. The van der Waals surface area contributed by atoms with Crippen molar-refractivity contribution in [3.05, 3.63) is 138 Å². The molecule has 7 rings (SSSR count). The number of aliphatic imine (C=N–C) groups is 4. The van der Waals surface area contributed by atoms with E-state index in [0.29, 0.717) is 0 Å². The summed E-state index contributed by atoms with van der Waals surface area (Å²) in [4.78, 5) is 19.2. The number of rotatable bonds is 1. The second-order valence-corrected chi connectivity index (χ2v) is 8.47. The van der Waals surface area contributed by atoms with Crippen LogP contribution in [0.5, 0.6) is 0 Å². The van der Waals surface area contributed by atoms with E-state index in [1.54, 1.807) is 0 Å². The standard InChI is InChI=1S/C30H18N4.Al.3H/c1-2-6-27-19(4-1)5-3-7-28(27)29-17-26-16-24-11-10-22(32-24)14-20-8-9-21(31-20)15-23-12-13-25(33-23)18-30(29)34-26;;;;/h1-18H;;;;. The quantitative estimate of drug-likeness (QED) is 0.529. The van der Waals surface area contributed by atoms with Crippen LogP contribution in [0.3, 0.4) is 0 Å². The lowest BCUT2D eigenvalue weighted by Crippen LogP contribution is -1.97. The molecule has 0 atom stereocenters. The zero-order chi connectivity index (χ0) is 22.5. The van der Waals surface area contributed by atoms with Crippen LogP contribution >= 0.6 is 0 Å². The molecule has 0 radical (unpaired) electrons. The van der Waals surface area contributed by atoms with Gasteiger partial charge in [0.2, 0.25) is 0 Å². The van der Waals surface area contributed by atoms with Crippen molar-refractivity contribution in [1.82, 2.24) is 0 Å². The van der Waals surface area contributed by atoms with Crippen molar-refractivity contribution < 1.29 is 0 Å². The highest BCUT2D eigenvalue weighted by Crippen LogP contribution is 2.33. The maximum atomic E-state index is 4.98. The topological polar surface area (TPSA) is 49.4 Å². The van der Waals surface area contributed by atoms with E-state index in [2.05, 4.69) is 59.6 Å². The third kappa shape index (κ3) is 4.02. The third-order valence-electron chi connectivity index (χ3n) is 6.12. The van der Waals surface area contributed by atoms with Gasteiger partial charge in [-0.15, -0.1) is 0 Å². The summed E-state index contributed by atoms with van der Waals surface area (Å²) in [6.07, 6.45) is 22.3. The molecular weight excluding hydrogens is 443 g/mol. The van der Waals surface area contributed by atoms with Crippen LogP contribution in [0.25, 0.3) is 16.3 Å². The van der Waals surface area contributed by atoms with Gasteiger partial charge in [0.15, 0.2) is 17.4 Å². The first kappa shape index (κ1) is 21.4. The maximum Gasteiger partial charge on any atom is 0.187 e. The van der Waals surface area contributed by atoms with Crippen LogP contribution < -0.4 is 0 Å². The Labute approximate surface area is 213 Å². The van der Waals surface area contributed by atoms with E-state index in [-0.39, 0.29) is 17.4 Å². The van der Waals surface area contributed by atoms with E-state index < -0.39 is 0 Å². The monoisotopic (exact) mass is 464 g/mol. The Morgan fingerprint density at radius 3 is 1.71 bits per heavy atom. The van der Waals surface area contributed by atoms with Crippen molar-refractivity contribution in [3.63, 3.8) is 0 Å². The summed E-state index contributed by atoms with van der Waals surface area (Å²) >= 11 is 0. The van der Waals surface area contributed by atoms with Gasteiger partial charge in [-0.2, -0.15) is 0 Å². The van der Waals surface area contributed by atoms with Crippen molar-refractivity contribution in [1.29, 1.82) is 0 Å². The molecule has 0 unspecified atom stereocenters. The summed E-state index contributed by atoms with van der Waals surface area (Å²) in [5.41, 5.74) is 9.28. The Balaban J connectivity index is 0.00000229. The molecule has 2 aromatic carbocycles. The molecule has 0 saturated carbocycles. The Morgan fingerprint density at radius 2 is 1.03 bits per heavy atom. The van der Waals surface area contributed by atoms with E-state index in [4.69, 9.17) is 15.0 Å². The minimum absolute atomic E-state index is 0. The van der Waals surface area contributed by atoms with E-state index in [0.717, 1.165) is 56.8 Å². The number of nitrogens with zero attached hydrogens (tertiary/aromatic N) is 4. The fourth-order valence-corrected chi connectivity index (χ4v) is 4.57. The van der Waals surface area contributed by atoms with Crippen LogP contribution in [0.4, 0.5) is 0 Å². The highest BCUT2D eigenvalue weighted by atomic mass is 27.0. The highest BCUT2D eigenvalue weighted by molar-refractivity contribution is 6.34. The first-order valence-electron chi connectivity index (χ1n) is 11.2. The maximum absolute atomic E-state index is 4.98. The van der Waals surface area contributed by atoms with Gasteiger partial charge in [0.05, 0.1) is 45.6 Å². The third-order valence-corrected chi connectivity index (χ3v) is 6.12. The van der Waals surface area contributed by atoms with Crippen LogP contribution in [0.1, 0.15) is 5.56 Å². The van der Waals surface area contributed by atoms with Crippen molar-refractivity contribution in [2.75, 3.05) is 0 Å². The predicted molar refractivity (Wildman–Crippen MR) is 151 cm³/mol. The molecule has 0 aliphatic carbocycles. The smallest absolute Gasteiger partial charge is 0.187 e. The van der Waals surface area contributed by atoms with Gasteiger partial charge < -0.3 is 0 Å². The molecule has 0 fully saturated rings. The number of hydrogen-bond acceptors (Lipinski definition) is 4. The fourth-order valence-electron chi connectivity index (χ4n) is 4.57. The van der Waals surface area contributed by atoms with E-state index in [9.17, 15) is 0 Å². The lowest BCUT2D eigenvalue weighted by molar-refractivity contribution is 1.41. The molecule has 0 aromatic heterocycles. The van der Waals surface area contributed by atoms with Gasteiger partial charge in [-0.25, -0.2) is 20.0 Å². The minimum Gasteiger partial charge on any atom is -0.249 e. The molecule has 5 aliphatic rings. The van der Waals surface area contributed by atoms with Gasteiger partial charge in [0.25, 0.3) is 0 Å². The van der Waals surface area contributed by atoms with Gasteiger partial charge in [0, 0.05) is 5.57 Å². The molecule has 2 aromatic rings. The predicted octanol–water partition coefficient (Wildman–Crippen LogP) is 5.08. The fraction of sp³-hybridized carbons (Fsp3) is 0. The van der Waals surface area contributed by atoms with Crippen molar-refractivity contribution in [2.24, 2.45) is 20.0 Å². The van der Waals surface area contributed by atoms with E-state index in [1.807, 2.05) is 54.7 Å². The van der Waals surface area contributed by atoms with Gasteiger partial charge in [-0.05, 0) is 83.2 Å². The van der Waals surface area contributed by atoms with Gasteiger partial charge in [0.1, 0.15) is 0 Å². The molecule has 0 N–H and O–H groups in total. The second-order valence-electron chi connectivity index (χ2n) is 8.47. The molecule has 0 saturated heterocycles. The molecule has 4 nitrogen and oxygen atoms in total. The molecule has 5 heteroatoms. The normalized spacial score (nSPS) is 19.3. The van der Waals surface area contributed by atoms with E-state index in [1.165, 1.54) is 10.8 Å². The summed E-state index contributed by atoms with van der Waals surface area (Å²) in [6.45, 7) is 0. The van der Waals surface area contributed by atoms with Crippen LogP contribution in [0.15, 0.2) is 152 Å². The number of benzene rings is 2. The van der Waals surface area contributed by atoms with Crippen LogP contribution in [-0.2, 0) is 0 Å². The molecule has 35 heavy (non-hydrogen) atoms. The zero-order valence-corrected chi connectivity index (χ0v) is 18.2. The van der Waals surface area contributed by atoms with Crippen LogP contribution in [0, 0.1) is 0 Å². The molecular formula is C30H21AlN4. The summed E-state index contributed by atoms with van der Waals surface area (Å²) in [7, 11) is 0. The summed E-state index contributed by atoms with van der Waals surface area (Å²) in [5, 5.41) is 2.41. The molecule has 8 bridgehead atoms.